The van der Waals surface area contributed by atoms with Gasteiger partial charge in [0, 0.05) is 36.9 Å². The molecule has 27 heavy (non-hydrogen) atoms. The Bertz CT molecular complexity index is 880. The van der Waals surface area contributed by atoms with Crippen LogP contribution in [0.1, 0.15) is 6.92 Å². The number of amides is 1. The van der Waals surface area contributed by atoms with Crippen molar-refractivity contribution in [2.75, 3.05) is 31.5 Å². The van der Waals surface area contributed by atoms with Gasteiger partial charge in [0.25, 0.3) is 0 Å². The Kier molecular flexibility index (Phi) is 6.16. The number of rotatable bonds is 5. The Balaban J connectivity index is 1.58. The molecule has 1 atom stereocenters. The fourth-order valence-electron chi connectivity index (χ4n) is 3.02. The van der Waals surface area contributed by atoms with Crippen molar-refractivity contribution >= 4 is 33.2 Å². The molecule has 1 N–H and O–H groups in total. The zero-order valence-corrected chi connectivity index (χ0v) is 16.6. The molecule has 1 aliphatic rings. The molecule has 0 aliphatic carbocycles. The zero-order chi connectivity index (χ0) is 19.4. The monoisotopic (exact) mass is 407 g/mol. The number of hydrogen-bond acceptors (Lipinski definition) is 4. The fourth-order valence-corrected chi connectivity index (χ4v) is 4.59. The normalized spacial score (nSPS) is 17.4. The van der Waals surface area contributed by atoms with Crippen LogP contribution in [0.3, 0.4) is 0 Å². The molecule has 3 rings (SSSR count). The average molecular weight is 408 g/mol. The predicted molar refractivity (Wildman–Crippen MR) is 106 cm³/mol. The van der Waals surface area contributed by atoms with Crippen molar-refractivity contribution in [1.82, 2.24) is 9.21 Å². The van der Waals surface area contributed by atoms with Crippen LogP contribution in [0.15, 0.2) is 59.5 Å². The van der Waals surface area contributed by atoms with Gasteiger partial charge >= 0.3 is 0 Å². The SMILES string of the molecule is C[C@@H](C(=O)Nc1ccc(Cl)cc1)N1CCN(S(=O)(=O)c2ccccc2)CC1. The van der Waals surface area contributed by atoms with Gasteiger partial charge in [-0.15, -0.1) is 0 Å². The number of hydrogen-bond donors (Lipinski definition) is 1. The van der Waals surface area contributed by atoms with Crippen LogP contribution >= 0.6 is 11.6 Å². The van der Waals surface area contributed by atoms with Gasteiger partial charge in [-0.05, 0) is 43.3 Å². The van der Waals surface area contributed by atoms with E-state index in [1.807, 2.05) is 11.8 Å². The van der Waals surface area contributed by atoms with E-state index >= 15 is 0 Å². The van der Waals surface area contributed by atoms with Crippen molar-refractivity contribution in [3.63, 3.8) is 0 Å². The molecular weight excluding hydrogens is 386 g/mol. The maximum Gasteiger partial charge on any atom is 0.243 e. The standard InChI is InChI=1S/C19H22ClN3O3S/c1-15(19(24)21-17-9-7-16(20)8-10-17)22-11-13-23(14-12-22)27(25,26)18-5-3-2-4-6-18/h2-10,15H,11-14H2,1H3,(H,21,24)/t15-/m0/s1. The molecule has 0 unspecified atom stereocenters. The minimum Gasteiger partial charge on any atom is -0.325 e. The predicted octanol–water partition coefficient (Wildman–Crippen LogP) is 2.67. The molecule has 2 aromatic carbocycles. The lowest BCUT2D eigenvalue weighted by molar-refractivity contribution is -0.121. The smallest absolute Gasteiger partial charge is 0.243 e. The number of carbonyl (C=O) groups excluding carboxylic acids is 1. The van der Waals surface area contributed by atoms with Gasteiger partial charge in [-0.1, -0.05) is 29.8 Å². The van der Waals surface area contributed by atoms with E-state index in [-0.39, 0.29) is 11.9 Å². The molecule has 0 spiro atoms. The highest BCUT2D eigenvalue weighted by atomic mass is 35.5. The summed E-state index contributed by atoms with van der Waals surface area (Å²) < 4.78 is 26.8. The summed E-state index contributed by atoms with van der Waals surface area (Å²) in [5.41, 5.74) is 0.682. The van der Waals surface area contributed by atoms with E-state index in [0.717, 1.165) is 0 Å². The first-order chi connectivity index (χ1) is 12.9. The summed E-state index contributed by atoms with van der Waals surface area (Å²) in [6, 6.07) is 15.0. The van der Waals surface area contributed by atoms with Crippen LogP contribution in [-0.4, -0.2) is 55.8 Å². The summed E-state index contributed by atoms with van der Waals surface area (Å²) in [6.07, 6.45) is 0. The molecule has 0 saturated carbocycles. The lowest BCUT2D eigenvalue weighted by atomic mass is 10.2. The van der Waals surface area contributed by atoms with E-state index in [1.54, 1.807) is 54.6 Å². The van der Waals surface area contributed by atoms with Crippen molar-refractivity contribution in [3.8, 4) is 0 Å². The van der Waals surface area contributed by atoms with Gasteiger partial charge in [-0.3, -0.25) is 9.69 Å². The highest BCUT2D eigenvalue weighted by molar-refractivity contribution is 7.89. The Morgan fingerprint density at radius 3 is 2.19 bits per heavy atom. The number of piperazine rings is 1. The van der Waals surface area contributed by atoms with Gasteiger partial charge in [0.05, 0.1) is 10.9 Å². The van der Waals surface area contributed by atoms with Gasteiger partial charge in [0.1, 0.15) is 0 Å². The lowest BCUT2D eigenvalue weighted by Crippen LogP contribution is -2.53. The summed E-state index contributed by atoms with van der Waals surface area (Å²) in [5, 5.41) is 3.47. The first-order valence-electron chi connectivity index (χ1n) is 8.73. The molecule has 1 amide bonds. The maximum absolute atomic E-state index is 12.7. The highest BCUT2D eigenvalue weighted by Crippen LogP contribution is 2.19. The second kappa shape index (κ2) is 8.39. The third-order valence-corrected chi connectivity index (χ3v) is 6.86. The first-order valence-corrected chi connectivity index (χ1v) is 10.6. The number of anilines is 1. The topological polar surface area (TPSA) is 69.7 Å². The number of halogens is 1. The fraction of sp³-hybridized carbons (Fsp3) is 0.316. The largest absolute Gasteiger partial charge is 0.325 e. The summed E-state index contributed by atoms with van der Waals surface area (Å²) in [7, 11) is -3.49. The van der Waals surface area contributed by atoms with Crippen LogP contribution in [-0.2, 0) is 14.8 Å². The van der Waals surface area contributed by atoms with Crippen LogP contribution < -0.4 is 5.32 Å². The molecule has 0 bridgehead atoms. The van der Waals surface area contributed by atoms with Crippen LogP contribution in [0.4, 0.5) is 5.69 Å². The Hall–Kier alpha value is -1.93. The van der Waals surface area contributed by atoms with Crippen LogP contribution in [0, 0.1) is 0 Å². The van der Waals surface area contributed by atoms with Crippen molar-refractivity contribution in [2.45, 2.75) is 17.9 Å². The van der Waals surface area contributed by atoms with Crippen LogP contribution in [0.25, 0.3) is 0 Å². The van der Waals surface area contributed by atoms with E-state index in [2.05, 4.69) is 5.32 Å². The molecule has 8 heteroatoms. The summed E-state index contributed by atoms with van der Waals surface area (Å²) in [5.74, 6) is -0.128. The summed E-state index contributed by atoms with van der Waals surface area (Å²) >= 11 is 5.85. The number of benzene rings is 2. The van der Waals surface area contributed by atoms with E-state index in [9.17, 15) is 13.2 Å². The number of nitrogens with zero attached hydrogens (tertiary/aromatic N) is 2. The lowest BCUT2D eigenvalue weighted by Gasteiger charge is -2.36. The van der Waals surface area contributed by atoms with E-state index in [1.165, 1.54) is 4.31 Å². The summed E-state index contributed by atoms with van der Waals surface area (Å²) in [4.78, 5) is 14.8. The second-order valence-corrected chi connectivity index (χ2v) is 8.80. The van der Waals surface area contributed by atoms with Gasteiger partial charge in [0.2, 0.25) is 15.9 Å². The maximum atomic E-state index is 12.7. The first kappa shape index (κ1) is 19.8. The third kappa shape index (κ3) is 4.68. The van der Waals surface area contributed by atoms with Crippen molar-refractivity contribution in [2.24, 2.45) is 0 Å². The van der Waals surface area contributed by atoms with Crippen molar-refractivity contribution in [3.05, 3.63) is 59.6 Å². The molecule has 1 saturated heterocycles. The van der Waals surface area contributed by atoms with Crippen LogP contribution in [0.5, 0.6) is 0 Å². The minimum atomic E-state index is -3.49. The van der Waals surface area contributed by atoms with E-state index in [4.69, 9.17) is 11.6 Å². The zero-order valence-electron chi connectivity index (χ0n) is 15.0. The molecule has 1 fully saturated rings. The molecule has 1 aliphatic heterocycles. The minimum absolute atomic E-state index is 0.128. The molecule has 0 radical (unpaired) electrons. The quantitative estimate of drug-likeness (QED) is 0.827. The van der Waals surface area contributed by atoms with Crippen molar-refractivity contribution < 1.29 is 13.2 Å². The van der Waals surface area contributed by atoms with Gasteiger partial charge in [-0.25, -0.2) is 8.42 Å². The van der Waals surface area contributed by atoms with Gasteiger partial charge < -0.3 is 5.32 Å². The van der Waals surface area contributed by atoms with E-state index in [0.29, 0.717) is 41.8 Å². The van der Waals surface area contributed by atoms with Crippen LogP contribution in [0.2, 0.25) is 5.02 Å². The molecule has 6 nitrogen and oxygen atoms in total. The Morgan fingerprint density at radius 2 is 1.59 bits per heavy atom. The Labute approximate surface area is 164 Å². The molecular formula is C19H22ClN3O3S. The highest BCUT2D eigenvalue weighted by Gasteiger charge is 2.31. The Morgan fingerprint density at radius 1 is 1.00 bits per heavy atom. The number of sulfonamides is 1. The summed E-state index contributed by atoms with van der Waals surface area (Å²) in [6.45, 7) is 3.54. The van der Waals surface area contributed by atoms with E-state index < -0.39 is 10.0 Å². The number of nitrogens with one attached hydrogen (secondary N) is 1. The van der Waals surface area contributed by atoms with Gasteiger partial charge in [-0.2, -0.15) is 4.31 Å². The molecule has 144 valence electrons. The van der Waals surface area contributed by atoms with Gasteiger partial charge in [0.15, 0.2) is 0 Å². The second-order valence-electron chi connectivity index (χ2n) is 6.43. The molecule has 1 heterocycles. The molecule has 0 aromatic heterocycles. The number of carbonyl (C=O) groups is 1. The molecule has 2 aromatic rings. The third-order valence-electron chi connectivity index (χ3n) is 4.69. The average Bonchev–Trinajstić information content (AvgIpc) is 2.70. The van der Waals surface area contributed by atoms with Crippen molar-refractivity contribution in [1.29, 1.82) is 0 Å².